The maximum atomic E-state index is 5.71. The van der Waals surface area contributed by atoms with Gasteiger partial charge in [0.2, 0.25) is 0 Å². The molecule has 0 aliphatic heterocycles. The SMILES string of the molecule is CCCC(C)COCCCc1nc(CCl)cs1. The fourth-order valence-corrected chi connectivity index (χ4v) is 2.78. The van der Waals surface area contributed by atoms with Crippen molar-refractivity contribution in [3.63, 3.8) is 0 Å². The van der Waals surface area contributed by atoms with Gasteiger partial charge in [-0.15, -0.1) is 22.9 Å². The molecule has 0 saturated heterocycles. The minimum absolute atomic E-state index is 0.515. The van der Waals surface area contributed by atoms with E-state index in [2.05, 4.69) is 18.8 Å². The van der Waals surface area contributed by atoms with Crippen LogP contribution in [0.2, 0.25) is 0 Å². The molecular weight excluding hydrogens is 254 g/mol. The molecule has 1 atom stereocenters. The van der Waals surface area contributed by atoms with Gasteiger partial charge in [-0.2, -0.15) is 0 Å². The molecule has 0 N–H and O–H groups in total. The van der Waals surface area contributed by atoms with Crippen LogP contribution in [0.15, 0.2) is 5.38 Å². The highest BCUT2D eigenvalue weighted by Crippen LogP contribution is 2.13. The third-order valence-electron chi connectivity index (χ3n) is 2.60. The van der Waals surface area contributed by atoms with E-state index in [-0.39, 0.29) is 0 Å². The average Bonchev–Trinajstić information content (AvgIpc) is 2.77. The van der Waals surface area contributed by atoms with Crippen LogP contribution < -0.4 is 0 Å². The lowest BCUT2D eigenvalue weighted by molar-refractivity contribution is 0.0999. The van der Waals surface area contributed by atoms with Crippen LogP contribution in [-0.4, -0.2) is 18.2 Å². The van der Waals surface area contributed by atoms with Gasteiger partial charge in [-0.05, 0) is 18.8 Å². The molecule has 0 aliphatic rings. The third kappa shape index (κ3) is 6.39. The first-order valence-corrected chi connectivity index (χ1v) is 7.74. The van der Waals surface area contributed by atoms with Crippen molar-refractivity contribution in [1.29, 1.82) is 0 Å². The minimum Gasteiger partial charge on any atom is -0.381 e. The summed E-state index contributed by atoms with van der Waals surface area (Å²) in [6, 6.07) is 0. The van der Waals surface area contributed by atoms with Crippen molar-refractivity contribution in [2.75, 3.05) is 13.2 Å². The van der Waals surface area contributed by atoms with Crippen LogP contribution in [0.5, 0.6) is 0 Å². The molecule has 98 valence electrons. The summed E-state index contributed by atoms with van der Waals surface area (Å²) in [5, 5.41) is 3.21. The van der Waals surface area contributed by atoms with Crippen molar-refractivity contribution in [2.24, 2.45) is 5.92 Å². The zero-order valence-corrected chi connectivity index (χ0v) is 12.3. The van der Waals surface area contributed by atoms with Gasteiger partial charge in [0.1, 0.15) is 0 Å². The number of hydrogen-bond acceptors (Lipinski definition) is 3. The summed E-state index contributed by atoms with van der Waals surface area (Å²) in [6.07, 6.45) is 4.55. The monoisotopic (exact) mass is 275 g/mol. The first kappa shape index (κ1) is 14.9. The van der Waals surface area contributed by atoms with Gasteiger partial charge in [-0.3, -0.25) is 0 Å². The predicted octanol–water partition coefficient (Wildman–Crippen LogP) is 4.27. The fraction of sp³-hybridized carbons (Fsp3) is 0.769. The number of ether oxygens (including phenoxy) is 1. The fourth-order valence-electron chi connectivity index (χ4n) is 1.71. The van der Waals surface area contributed by atoms with Gasteiger partial charge < -0.3 is 4.74 Å². The van der Waals surface area contributed by atoms with Gasteiger partial charge >= 0.3 is 0 Å². The second-order valence-electron chi connectivity index (χ2n) is 4.44. The third-order valence-corrected chi connectivity index (χ3v) is 3.83. The van der Waals surface area contributed by atoms with Crippen molar-refractivity contribution >= 4 is 22.9 Å². The lowest BCUT2D eigenvalue weighted by Gasteiger charge is -2.10. The number of halogens is 1. The standard InChI is InChI=1S/C13H22ClNOS/c1-3-5-11(2)9-16-7-4-6-13-15-12(8-14)10-17-13/h10-11H,3-9H2,1-2H3. The highest BCUT2D eigenvalue weighted by molar-refractivity contribution is 7.09. The summed E-state index contributed by atoms with van der Waals surface area (Å²) in [4.78, 5) is 4.42. The quantitative estimate of drug-likeness (QED) is 0.496. The molecule has 0 saturated carbocycles. The van der Waals surface area contributed by atoms with Crippen LogP contribution in [0.25, 0.3) is 0 Å². The van der Waals surface area contributed by atoms with Crippen LogP contribution in [0.1, 0.15) is 43.8 Å². The smallest absolute Gasteiger partial charge is 0.0929 e. The van der Waals surface area contributed by atoms with Crippen LogP contribution in [0.3, 0.4) is 0 Å². The number of rotatable bonds is 9. The van der Waals surface area contributed by atoms with E-state index in [0.29, 0.717) is 11.8 Å². The molecule has 1 heterocycles. The Morgan fingerprint density at radius 1 is 1.53 bits per heavy atom. The second-order valence-corrected chi connectivity index (χ2v) is 5.65. The van der Waals surface area contributed by atoms with Crippen LogP contribution in [-0.2, 0) is 17.0 Å². The lowest BCUT2D eigenvalue weighted by atomic mass is 10.1. The van der Waals surface area contributed by atoms with E-state index in [9.17, 15) is 0 Å². The zero-order valence-electron chi connectivity index (χ0n) is 10.7. The Morgan fingerprint density at radius 2 is 2.35 bits per heavy atom. The van der Waals surface area contributed by atoms with Crippen molar-refractivity contribution in [2.45, 2.75) is 45.4 Å². The Kier molecular flexibility index (Phi) is 7.82. The molecule has 0 radical (unpaired) electrons. The molecule has 0 aliphatic carbocycles. The van der Waals surface area contributed by atoms with E-state index in [1.54, 1.807) is 11.3 Å². The summed E-state index contributed by atoms with van der Waals surface area (Å²) in [6.45, 7) is 6.19. The predicted molar refractivity (Wildman–Crippen MR) is 74.9 cm³/mol. The summed E-state index contributed by atoms with van der Waals surface area (Å²) in [5.41, 5.74) is 0.990. The average molecular weight is 276 g/mol. The molecule has 1 aromatic rings. The number of nitrogens with zero attached hydrogens (tertiary/aromatic N) is 1. The van der Waals surface area contributed by atoms with E-state index in [1.165, 1.54) is 17.8 Å². The first-order chi connectivity index (χ1) is 8.26. The highest BCUT2D eigenvalue weighted by Gasteiger charge is 2.02. The van der Waals surface area contributed by atoms with E-state index in [1.807, 2.05) is 5.38 Å². The molecule has 0 spiro atoms. The van der Waals surface area contributed by atoms with Gasteiger partial charge in [0, 0.05) is 25.0 Å². The van der Waals surface area contributed by atoms with Crippen molar-refractivity contribution in [3.8, 4) is 0 Å². The lowest BCUT2D eigenvalue weighted by Crippen LogP contribution is -2.07. The van der Waals surface area contributed by atoms with Gasteiger partial charge in [0.05, 0.1) is 16.6 Å². The van der Waals surface area contributed by atoms with Crippen LogP contribution >= 0.6 is 22.9 Å². The Morgan fingerprint density at radius 3 is 3.00 bits per heavy atom. The number of aromatic nitrogens is 1. The van der Waals surface area contributed by atoms with Gasteiger partial charge in [0.25, 0.3) is 0 Å². The number of thiazole rings is 1. The van der Waals surface area contributed by atoms with Gasteiger partial charge in [0.15, 0.2) is 0 Å². The molecular formula is C13H22ClNOS. The highest BCUT2D eigenvalue weighted by atomic mass is 35.5. The Balaban J connectivity index is 2.04. The topological polar surface area (TPSA) is 22.1 Å². The summed E-state index contributed by atoms with van der Waals surface area (Å²) in [5.74, 6) is 1.20. The molecule has 4 heteroatoms. The molecule has 17 heavy (non-hydrogen) atoms. The normalized spacial score (nSPS) is 12.9. The van der Waals surface area contributed by atoms with Crippen LogP contribution in [0.4, 0.5) is 0 Å². The molecule has 1 unspecified atom stereocenters. The Labute approximate surface area is 113 Å². The summed E-state index contributed by atoms with van der Waals surface area (Å²) < 4.78 is 5.65. The molecule has 0 amide bonds. The summed E-state index contributed by atoms with van der Waals surface area (Å²) >= 11 is 7.40. The van der Waals surface area contributed by atoms with E-state index in [0.717, 1.165) is 31.7 Å². The Bertz CT molecular complexity index is 303. The molecule has 2 nitrogen and oxygen atoms in total. The van der Waals surface area contributed by atoms with E-state index in [4.69, 9.17) is 16.3 Å². The maximum absolute atomic E-state index is 5.71. The number of alkyl halides is 1. The van der Waals surface area contributed by atoms with Crippen molar-refractivity contribution < 1.29 is 4.74 Å². The summed E-state index contributed by atoms with van der Waals surface area (Å²) in [7, 11) is 0. The molecule has 0 bridgehead atoms. The molecule has 1 rings (SSSR count). The van der Waals surface area contributed by atoms with E-state index >= 15 is 0 Å². The van der Waals surface area contributed by atoms with Crippen molar-refractivity contribution in [1.82, 2.24) is 4.98 Å². The van der Waals surface area contributed by atoms with Crippen LogP contribution in [0, 0.1) is 5.92 Å². The zero-order chi connectivity index (χ0) is 12.5. The van der Waals surface area contributed by atoms with Crippen molar-refractivity contribution in [3.05, 3.63) is 16.1 Å². The molecule has 0 fully saturated rings. The first-order valence-electron chi connectivity index (χ1n) is 6.33. The van der Waals surface area contributed by atoms with Gasteiger partial charge in [-0.25, -0.2) is 4.98 Å². The largest absolute Gasteiger partial charge is 0.381 e. The minimum atomic E-state index is 0.515. The molecule has 1 aromatic heterocycles. The van der Waals surface area contributed by atoms with E-state index < -0.39 is 0 Å². The van der Waals surface area contributed by atoms with Gasteiger partial charge in [-0.1, -0.05) is 20.3 Å². The number of hydrogen-bond donors (Lipinski definition) is 0. The maximum Gasteiger partial charge on any atom is 0.0929 e. The second kappa shape index (κ2) is 8.90. The molecule has 0 aromatic carbocycles. The number of aryl methyl sites for hydroxylation is 1. The Hall–Kier alpha value is -0.120.